The second kappa shape index (κ2) is 7.62. The van der Waals surface area contributed by atoms with E-state index in [1.807, 2.05) is 0 Å². The lowest BCUT2D eigenvalue weighted by Gasteiger charge is -2.26. The van der Waals surface area contributed by atoms with Crippen LogP contribution in [0.25, 0.3) is 0 Å². The first-order chi connectivity index (χ1) is 9.83. The Bertz CT molecular complexity index is 417. The molecule has 0 amide bonds. The minimum atomic E-state index is 0.312. The van der Waals surface area contributed by atoms with Crippen molar-refractivity contribution in [2.45, 2.75) is 58.4 Å². The molecule has 20 heavy (non-hydrogen) atoms. The van der Waals surface area contributed by atoms with E-state index in [0.717, 1.165) is 18.1 Å². The molecule has 0 saturated heterocycles. The van der Waals surface area contributed by atoms with Crippen molar-refractivity contribution in [3.05, 3.63) is 12.4 Å². The Hall–Kier alpha value is -1.92. The summed E-state index contributed by atoms with van der Waals surface area (Å²) in [6, 6.07) is 0.312. The van der Waals surface area contributed by atoms with Gasteiger partial charge in [0, 0.05) is 6.04 Å². The van der Waals surface area contributed by atoms with Crippen molar-refractivity contribution in [3.8, 4) is 0 Å². The second-order valence-corrected chi connectivity index (χ2v) is 5.08. The van der Waals surface area contributed by atoms with Gasteiger partial charge in [-0.3, -0.25) is 0 Å². The molecule has 0 saturated carbocycles. The minimum absolute atomic E-state index is 0.312. The van der Waals surface area contributed by atoms with E-state index in [1.165, 1.54) is 32.1 Å². The first-order valence-corrected chi connectivity index (χ1v) is 7.33. The van der Waals surface area contributed by atoms with E-state index in [1.54, 1.807) is 12.4 Å². The normalized spacial score (nSPS) is 12.5. The molecule has 0 fully saturated rings. The third-order valence-corrected chi connectivity index (χ3v) is 3.46. The lowest BCUT2D eigenvalue weighted by Crippen LogP contribution is -2.29. The number of hydrogen-bond acceptors (Lipinski definition) is 5. The first-order valence-electron chi connectivity index (χ1n) is 7.33. The number of rotatable bonds is 9. The fourth-order valence-corrected chi connectivity index (χ4v) is 2.36. The van der Waals surface area contributed by atoms with Crippen LogP contribution in [-0.4, -0.2) is 36.9 Å². The van der Waals surface area contributed by atoms with Crippen LogP contribution in [0.1, 0.15) is 52.4 Å². The van der Waals surface area contributed by atoms with E-state index in [0.29, 0.717) is 6.04 Å². The topological polar surface area (TPSA) is 86.4 Å². The number of H-pyrrole nitrogens is 2. The van der Waals surface area contributed by atoms with Gasteiger partial charge >= 0.3 is 0 Å². The van der Waals surface area contributed by atoms with E-state index < -0.39 is 0 Å². The molecule has 0 aromatic carbocycles. The molecule has 2 heterocycles. The predicted octanol–water partition coefficient (Wildman–Crippen LogP) is 2.81. The van der Waals surface area contributed by atoms with Crippen molar-refractivity contribution in [2.75, 3.05) is 4.90 Å². The summed E-state index contributed by atoms with van der Waals surface area (Å²) in [5, 5.41) is 21.4. The van der Waals surface area contributed by atoms with Crippen LogP contribution in [0.3, 0.4) is 0 Å². The van der Waals surface area contributed by atoms with Crippen LogP contribution in [0.2, 0.25) is 0 Å². The SMILES string of the molecule is CCCCCCCC(C)N(c1cn[nH]n1)c1cn[nH]n1. The summed E-state index contributed by atoms with van der Waals surface area (Å²) in [5.74, 6) is 1.56. The summed E-state index contributed by atoms with van der Waals surface area (Å²) in [6.45, 7) is 4.42. The van der Waals surface area contributed by atoms with Gasteiger partial charge < -0.3 is 4.90 Å². The number of nitrogens with zero attached hydrogens (tertiary/aromatic N) is 5. The Balaban J connectivity index is 1.93. The van der Waals surface area contributed by atoms with Crippen molar-refractivity contribution in [1.82, 2.24) is 30.8 Å². The van der Waals surface area contributed by atoms with Gasteiger partial charge in [0.15, 0.2) is 11.6 Å². The molecule has 0 radical (unpaired) electrons. The Morgan fingerprint density at radius 3 is 2.10 bits per heavy atom. The highest BCUT2D eigenvalue weighted by atomic mass is 15.4. The van der Waals surface area contributed by atoms with E-state index in [9.17, 15) is 0 Å². The Kier molecular flexibility index (Phi) is 5.52. The fourth-order valence-electron chi connectivity index (χ4n) is 2.36. The minimum Gasteiger partial charge on any atom is -0.303 e. The highest BCUT2D eigenvalue weighted by molar-refractivity contribution is 5.53. The molecule has 7 nitrogen and oxygen atoms in total. The number of anilines is 2. The number of unbranched alkanes of at least 4 members (excludes halogenated alkanes) is 4. The lowest BCUT2D eigenvalue weighted by atomic mass is 10.1. The maximum Gasteiger partial charge on any atom is 0.176 e. The average Bonchev–Trinajstić information content (AvgIpc) is 3.12. The Morgan fingerprint density at radius 1 is 1.00 bits per heavy atom. The molecule has 1 atom stereocenters. The zero-order valence-electron chi connectivity index (χ0n) is 12.2. The van der Waals surface area contributed by atoms with E-state index in [4.69, 9.17) is 0 Å². The second-order valence-electron chi connectivity index (χ2n) is 5.08. The highest BCUT2D eigenvalue weighted by Crippen LogP contribution is 2.24. The fraction of sp³-hybridized carbons (Fsp3) is 0.692. The van der Waals surface area contributed by atoms with Gasteiger partial charge in [0.05, 0.1) is 12.4 Å². The molecule has 2 aromatic heterocycles. The van der Waals surface area contributed by atoms with Gasteiger partial charge in [-0.15, -0.1) is 10.2 Å². The highest BCUT2D eigenvalue weighted by Gasteiger charge is 2.20. The summed E-state index contributed by atoms with van der Waals surface area (Å²) in [7, 11) is 0. The number of aromatic nitrogens is 6. The molecule has 0 spiro atoms. The van der Waals surface area contributed by atoms with E-state index in [2.05, 4.69) is 49.6 Å². The van der Waals surface area contributed by atoms with E-state index in [-0.39, 0.29) is 0 Å². The zero-order chi connectivity index (χ0) is 14.2. The maximum absolute atomic E-state index is 4.16. The largest absolute Gasteiger partial charge is 0.303 e. The molecule has 0 bridgehead atoms. The van der Waals surface area contributed by atoms with Crippen LogP contribution in [0.5, 0.6) is 0 Å². The quantitative estimate of drug-likeness (QED) is 0.688. The van der Waals surface area contributed by atoms with Crippen LogP contribution in [0, 0.1) is 0 Å². The molecule has 2 rings (SSSR count). The third-order valence-electron chi connectivity index (χ3n) is 3.46. The molecule has 7 heteroatoms. The van der Waals surface area contributed by atoms with Gasteiger partial charge in [0.2, 0.25) is 0 Å². The molecule has 2 aromatic rings. The molecule has 1 unspecified atom stereocenters. The van der Waals surface area contributed by atoms with Crippen LogP contribution >= 0.6 is 0 Å². The summed E-state index contributed by atoms with van der Waals surface area (Å²) in [5.41, 5.74) is 0. The zero-order valence-corrected chi connectivity index (χ0v) is 12.2. The first kappa shape index (κ1) is 14.5. The van der Waals surface area contributed by atoms with Gasteiger partial charge in [-0.2, -0.15) is 20.6 Å². The molecular weight excluding hydrogens is 254 g/mol. The van der Waals surface area contributed by atoms with Crippen molar-refractivity contribution in [1.29, 1.82) is 0 Å². The molecule has 0 aliphatic heterocycles. The number of hydrogen-bond donors (Lipinski definition) is 2. The Labute approximate surface area is 119 Å². The average molecular weight is 277 g/mol. The van der Waals surface area contributed by atoms with Gasteiger partial charge in [0.1, 0.15) is 0 Å². The summed E-state index contributed by atoms with van der Waals surface area (Å²) in [6.07, 6.45) is 10.9. The summed E-state index contributed by atoms with van der Waals surface area (Å²) in [4.78, 5) is 2.06. The van der Waals surface area contributed by atoms with Crippen molar-refractivity contribution in [2.24, 2.45) is 0 Å². The predicted molar refractivity (Wildman–Crippen MR) is 77.7 cm³/mol. The summed E-state index contributed by atoms with van der Waals surface area (Å²) >= 11 is 0. The third kappa shape index (κ3) is 3.79. The van der Waals surface area contributed by atoms with Crippen molar-refractivity contribution < 1.29 is 0 Å². The van der Waals surface area contributed by atoms with Crippen molar-refractivity contribution >= 4 is 11.6 Å². The standard InChI is InChI=1S/C13H23N7/c1-3-4-5-6-7-8-11(2)20(12-9-14-18-16-12)13-10-15-19-17-13/h9-11H,3-8H2,1-2H3,(H,14,16,18)(H,15,17,19). The molecule has 2 N–H and O–H groups in total. The lowest BCUT2D eigenvalue weighted by molar-refractivity contribution is 0.552. The smallest absolute Gasteiger partial charge is 0.176 e. The number of nitrogens with one attached hydrogen (secondary N) is 2. The van der Waals surface area contributed by atoms with Gasteiger partial charge in [-0.05, 0) is 13.3 Å². The summed E-state index contributed by atoms with van der Waals surface area (Å²) < 4.78 is 0. The molecule has 0 aliphatic rings. The van der Waals surface area contributed by atoms with E-state index >= 15 is 0 Å². The van der Waals surface area contributed by atoms with Gasteiger partial charge in [0.25, 0.3) is 0 Å². The van der Waals surface area contributed by atoms with Crippen LogP contribution in [-0.2, 0) is 0 Å². The van der Waals surface area contributed by atoms with Gasteiger partial charge in [-0.25, -0.2) is 0 Å². The maximum atomic E-state index is 4.16. The van der Waals surface area contributed by atoms with Crippen LogP contribution in [0.15, 0.2) is 12.4 Å². The van der Waals surface area contributed by atoms with Crippen LogP contribution < -0.4 is 4.90 Å². The van der Waals surface area contributed by atoms with Crippen molar-refractivity contribution in [3.63, 3.8) is 0 Å². The van der Waals surface area contributed by atoms with Crippen LogP contribution in [0.4, 0.5) is 11.6 Å². The molecule has 110 valence electrons. The number of aromatic amines is 2. The monoisotopic (exact) mass is 277 g/mol. The van der Waals surface area contributed by atoms with Gasteiger partial charge in [-0.1, -0.05) is 39.0 Å². The Morgan fingerprint density at radius 2 is 1.60 bits per heavy atom. The molecule has 0 aliphatic carbocycles. The molecular formula is C13H23N7.